The molecule has 5 aromatic rings. The van der Waals surface area contributed by atoms with E-state index in [4.69, 9.17) is 28.3 Å². The van der Waals surface area contributed by atoms with Crippen LogP contribution in [0.15, 0.2) is 67.5 Å². The zero-order valence-corrected chi connectivity index (χ0v) is 26.2. The van der Waals surface area contributed by atoms with Crippen molar-refractivity contribution in [3.05, 3.63) is 89.0 Å². The largest absolute Gasteiger partial charge is 0.373 e. The highest BCUT2D eigenvalue weighted by atomic mass is 35.5. The van der Waals surface area contributed by atoms with Crippen molar-refractivity contribution < 1.29 is 4.39 Å². The number of hydrogen-bond acceptors (Lipinski definition) is 6. The molecule has 2 aromatic carbocycles. The van der Waals surface area contributed by atoms with Gasteiger partial charge in [-0.3, -0.25) is 4.68 Å². The normalized spacial score (nSPS) is 17.5. The minimum absolute atomic E-state index is 0.273. The van der Waals surface area contributed by atoms with E-state index in [1.165, 1.54) is 13.1 Å². The number of nitrogens with zero attached hydrogens (tertiary/aromatic N) is 7. The number of imidazole rings is 2. The summed E-state index contributed by atoms with van der Waals surface area (Å²) in [4.78, 5) is 16.7. The molecule has 3 aromatic heterocycles. The van der Waals surface area contributed by atoms with Gasteiger partial charge in [0.1, 0.15) is 17.7 Å². The van der Waals surface area contributed by atoms with Gasteiger partial charge in [-0.2, -0.15) is 5.10 Å². The molecule has 2 atom stereocenters. The topological polar surface area (TPSA) is 82.8 Å². The van der Waals surface area contributed by atoms with Gasteiger partial charge in [0.15, 0.2) is 0 Å². The van der Waals surface area contributed by atoms with Crippen LogP contribution in [0.1, 0.15) is 24.4 Å². The summed E-state index contributed by atoms with van der Waals surface area (Å²) in [6.45, 7) is 11.3. The van der Waals surface area contributed by atoms with Crippen LogP contribution in [-0.4, -0.2) is 73.6 Å². The highest BCUT2D eigenvalue weighted by molar-refractivity contribution is 6.42. The summed E-state index contributed by atoms with van der Waals surface area (Å²) in [5.41, 5.74) is 5.49. The monoisotopic (exact) mass is 633 g/mol. The molecule has 1 fully saturated rings. The first-order valence-electron chi connectivity index (χ1n) is 14.8. The predicted molar refractivity (Wildman–Crippen MR) is 174 cm³/mol. The van der Waals surface area contributed by atoms with E-state index in [9.17, 15) is 4.39 Å². The molecule has 2 N–H and O–H groups in total. The zero-order chi connectivity index (χ0) is 30.5. The van der Waals surface area contributed by atoms with Gasteiger partial charge in [-0.05, 0) is 29.7 Å². The molecule has 12 heteroatoms. The Morgan fingerprint density at radius 3 is 2.73 bits per heavy atom. The highest BCUT2D eigenvalue weighted by Gasteiger charge is 2.32. The van der Waals surface area contributed by atoms with Crippen LogP contribution in [0.2, 0.25) is 10.0 Å². The minimum atomic E-state index is -0.961. The summed E-state index contributed by atoms with van der Waals surface area (Å²) >= 11 is 13.9. The SMILES string of the molecule is C=C(Nc1ncc[nH]1)C(c1ncn2c1C[C@@H](F)C2)n1cc2c(Cl)cc(-c3ccc(N(C)CCN4CC(C)C4)cc3)c(Cl)c2n1. The van der Waals surface area contributed by atoms with Crippen LogP contribution in [0.5, 0.6) is 0 Å². The number of alkyl halides is 1. The van der Waals surface area contributed by atoms with Crippen molar-refractivity contribution >= 4 is 45.7 Å². The highest BCUT2D eigenvalue weighted by Crippen LogP contribution is 2.40. The van der Waals surface area contributed by atoms with Crippen molar-refractivity contribution in [3.63, 3.8) is 0 Å². The molecular formula is C32H34Cl2FN9. The summed E-state index contributed by atoms with van der Waals surface area (Å²) in [6.07, 6.45) is 6.19. The fourth-order valence-corrected chi connectivity index (χ4v) is 6.87. The fourth-order valence-electron chi connectivity index (χ4n) is 6.32. The second-order valence-corrected chi connectivity index (χ2v) is 12.7. The van der Waals surface area contributed by atoms with Gasteiger partial charge in [0.2, 0.25) is 5.95 Å². The maximum absolute atomic E-state index is 14.4. The fraction of sp³-hybridized carbons (Fsp3) is 0.344. The molecule has 1 unspecified atom stereocenters. The van der Waals surface area contributed by atoms with Gasteiger partial charge in [0.25, 0.3) is 0 Å². The smallest absolute Gasteiger partial charge is 0.204 e. The average molecular weight is 635 g/mol. The molecular weight excluding hydrogens is 600 g/mol. The number of allylic oxidation sites excluding steroid dienone is 1. The lowest BCUT2D eigenvalue weighted by molar-refractivity contribution is 0.117. The maximum atomic E-state index is 14.4. The van der Waals surface area contributed by atoms with Crippen molar-refractivity contribution in [1.29, 1.82) is 0 Å². The maximum Gasteiger partial charge on any atom is 0.204 e. The molecule has 5 heterocycles. The van der Waals surface area contributed by atoms with Crippen LogP contribution in [0.25, 0.3) is 22.0 Å². The Hall–Kier alpha value is -3.86. The van der Waals surface area contributed by atoms with E-state index < -0.39 is 12.2 Å². The molecule has 228 valence electrons. The summed E-state index contributed by atoms with van der Waals surface area (Å²) in [6, 6.07) is 9.67. The Morgan fingerprint density at radius 2 is 2.00 bits per heavy atom. The van der Waals surface area contributed by atoms with Crippen LogP contribution in [0.4, 0.5) is 16.0 Å². The molecule has 0 radical (unpaired) electrons. The van der Waals surface area contributed by atoms with Crippen LogP contribution in [0.3, 0.4) is 0 Å². The van der Waals surface area contributed by atoms with Crippen LogP contribution in [-0.2, 0) is 13.0 Å². The lowest BCUT2D eigenvalue weighted by Crippen LogP contribution is -2.47. The van der Waals surface area contributed by atoms with Gasteiger partial charge < -0.3 is 24.7 Å². The van der Waals surface area contributed by atoms with E-state index in [1.807, 2.05) is 16.8 Å². The molecule has 0 amide bonds. The molecule has 2 aliphatic heterocycles. The number of aromatic amines is 1. The third kappa shape index (κ3) is 5.35. The summed E-state index contributed by atoms with van der Waals surface area (Å²) in [7, 11) is 2.12. The van der Waals surface area contributed by atoms with Gasteiger partial charge >= 0.3 is 0 Å². The number of anilines is 2. The number of aromatic nitrogens is 6. The third-order valence-corrected chi connectivity index (χ3v) is 9.33. The zero-order valence-electron chi connectivity index (χ0n) is 24.6. The van der Waals surface area contributed by atoms with Gasteiger partial charge in [0.05, 0.1) is 28.6 Å². The van der Waals surface area contributed by atoms with Crippen molar-refractivity contribution in [2.45, 2.75) is 32.1 Å². The number of nitrogens with one attached hydrogen (secondary N) is 2. The molecule has 0 saturated carbocycles. The Bertz CT molecular complexity index is 1810. The molecule has 1 saturated heterocycles. The number of likely N-dealkylation sites (tertiary alicyclic amines) is 1. The number of likely N-dealkylation sites (N-methyl/N-ethyl adjacent to an activating group) is 1. The summed E-state index contributed by atoms with van der Waals surface area (Å²) in [5, 5.41) is 9.88. The van der Waals surface area contributed by atoms with E-state index in [0.29, 0.717) is 38.3 Å². The summed E-state index contributed by atoms with van der Waals surface area (Å²) < 4.78 is 18.0. The van der Waals surface area contributed by atoms with E-state index in [2.05, 4.69) is 74.9 Å². The first-order valence-corrected chi connectivity index (χ1v) is 15.5. The number of benzene rings is 2. The molecule has 2 aliphatic rings. The second kappa shape index (κ2) is 11.6. The lowest BCUT2D eigenvalue weighted by Gasteiger charge is -2.38. The molecule has 9 nitrogen and oxygen atoms in total. The molecule has 0 spiro atoms. The third-order valence-electron chi connectivity index (χ3n) is 8.63. The quantitative estimate of drug-likeness (QED) is 0.184. The number of halogens is 3. The van der Waals surface area contributed by atoms with Crippen molar-refractivity contribution in [3.8, 4) is 11.1 Å². The van der Waals surface area contributed by atoms with E-state index >= 15 is 0 Å². The average Bonchev–Trinajstić information content (AvgIpc) is 3.79. The van der Waals surface area contributed by atoms with Gasteiger partial charge in [-0.15, -0.1) is 0 Å². The first kappa shape index (κ1) is 28.9. The Kier molecular flexibility index (Phi) is 7.60. The first-order chi connectivity index (χ1) is 21.2. The van der Waals surface area contributed by atoms with Crippen LogP contribution < -0.4 is 10.2 Å². The van der Waals surface area contributed by atoms with Crippen molar-refractivity contribution in [1.82, 2.24) is 34.2 Å². The Balaban J connectivity index is 1.20. The molecule has 0 bridgehead atoms. The Morgan fingerprint density at radius 1 is 1.20 bits per heavy atom. The predicted octanol–water partition coefficient (Wildman–Crippen LogP) is 6.43. The van der Waals surface area contributed by atoms with Crippen molar-refractivity contribution in [2.75, 3.05) is 43.4 Å². The minimum Gasteiger partial charge on any atom is -0.373 e. The van der Waals surface area contributed by atoms with E-state index in [0.717, 1.165) is 41.5 Å². The molecule has 7 rings (SSSR count). The molecule has 0 aliphatic carbocycles. The standard InChI is InChI=1S/C32H34Cl2FN9/c1-19-14-42(15-19)11-10-41(3)23-6-4-21(5-7-23)24-13-26(33)25-17-44(40-29(25)28(24)34)31(20(2)39-32-36-8-9-37-32)30-27-12-22(35)16-43(27)18-38-30/h4-9,13,17-19,22,31H,2,10-12,14-16H2,1,3H3,(H2,36,37,39)/t22-,31?/m1/s1. The Labute approximate surface area is 265 Å². The van der Waals surface area contributed by atoms with Gasteiger partial charge in [0, 0.05) is 86.3 Å². The van der Waals surface area contributed by atoms with Gasteiger partial charge in [-0.1, -0.05) is 48.8 Å². The summed E-state index contributed by atoms with van der Waals surface area (Å²) in [5.74, 6) is 1.33. The second-order valence-electron chi connectivity index (χ2n) is 11.9. The van der Waals surface area contributed by atoms with Gasteiger partial charge in [-0.25, -0.2) is 14.4 Å². The van der Waals surface area contributed by atoms with Crippen molar-refractivity contribution in [2.24, 2.45) is 5.92 Å². The lowest BCUT2D eigenvalue weighted by atomic mass is 10.0. The van der Waals surface area contributed by atoms with Crippen LogP contribution >= 0.6 is 23.2 Å². The van der Waals surface area contributed by atoms with Crippen LogP contribution in [0, 0.1) is 5.92 Å². The number of hydrogen-bond donors (Lipinski definition) is 2. The van der Waals surface area contributed by atoms with E-state index in [1.54, 1.807) is 23.4 Å². The number of H-pyrrole nitrogens is 1. The van der Waals surface area contributed by atoms with E-state index in [-0.39, 0.29) is 13.0 Å². The molecule has 44 heavy (non-hydrogen) atoms. The number of fused-ring (bicyclic) bond motifs is 2. The number of rotatable bonds is 10.